The van der Waals surface area contributed by atoms with E-state index in [4.69, 9.17) is 0 Å². The number of hydrogen-bond acceptors (Lipinski definition) is 0. The molecule has 0 atom stereocenters. The Morgan fingerprint density at radius 3 is 2.92 bits per heavy atom. The maximum Gasteiger partial charge on any atom is 0.0136 e. The van der Waals surface area contributed by atoms with Crippen molar-refractivity contribution in [3.8, 4) is 0 Å². The Morgan fingerprint density at radius 1 is 1.25 bits per heavy atom. The summed E-state index contributed by atoms with van der Waals surface area (Å²) in [5.41, 5.74) is 4.19. The van der Waals surface area contributed by atoms with Crippen LogP contribution in [0.5, 0.6) is 0 Å². The first-order chi connectivity index (χ1) is 5.77. The van der Waals surface area contributed by atoms with Crippen molar-refractivity contribution in [3.05, 3.63) is 39.5 Å². The Kier molecular flexibility index (Phi) is 2.22. The van der Waals surface area contributed by atoms with Gasteiger partial charge in [0.05, 0.1) is 0 Å². The fraction of sp³-hybridized carbons (Fsp3) is 0.273. The molecule has 0 radical (unpaired) electrons. The van der Waals surface area contributed by atoms with Gasteiger partial charge in [0.1, 0.15) is 0 Å². The second-order valence-electron chi connectivity index (χ2n) is 3.26. The van der Waals surface area contributed by atoms with Gasteiger partial charge >= 0.3 is 0 Å². The van der Waals surface area contributed by atoms with E-state index in [2.05, 4.69) is 47.4 Å². The molecule has 0 amide bonds. The van der Waals surface area contributed by atoms with Crippen molar-refractivity contribution >= 4 is 28.2 Å². The van der Waals surface area contributed by atoms with E-state index in [9.17, 15) is 0 Å². The molecule has 0 bridgehead atoms. The highest BCUT2D eigenvalue weighted by molar-refractivity contribution is 14.1. The second-order valence-corrected chi connectivity index (χ2v) is 4.50. The zero-order chi connectivity index (χ0) is 8.55. The molecule has 0 heterocycles. The third-order valence-corrected chi connectivity index (χ3v) is 3.05. The highest BCUT2D eigenvalue weighted by Gasteiger charge is 2.11. The van der Waals surface area contributed by atoms with E-state index in [1.54, 1.807) is 0 Å². The van der Waals surface area contributed by atoms with Crippen molar-refractivity contribution in [2.24, 2.45) is 0 Å². The molecular formula is C11H11I. The Bertz CT molecular complexity index is 326. The van der Waals surface area contributed by atoms with Crippen LogP contribution in [0.3, 0.4) is 0 Å². The lowest BCUT2D eigenvalue weighted by molar-refractivity contribution is 0.823. The van der Waals surface area contributed by atoms with Crippen molar-refractivity contribution in [2.45, 2.75) is 19.3 Å². The number of halogens is 1. The van der Waals surface area contributed by atoms with Crippen LogP contribution < -0.4 is 0 Å². The smallest absolute Gasteiger partial charge is 0.0136 e. The fourth-order valence-corrected chi connectivity index (χ4v) is 2.21. The van der Waals surface area contributed by atoms with E-state index in [0.717, 1.165) is 0 Å². The molecule has 1 aromatic rings. The summed E-state index contributed by atoms with van der Waals surface area (Å²) in [5, 5.41) is 0. The van der Waals surface area contributed by atoms with Crippen LogP contribution in [0, 0.1) is 3.57 Å². The maximum absolute atomic E-state index is 4.09. The van der Waals surface area contributed by atoms with Crippen molar-refractivity contribution in [2.75, 3.05) is 0 Å². The van der Waals surface area contributed by atoms with Crippen molar-refractivity contribution in [1.82, 2.24) is 0 Å². The predicted molar refractivity (Wildman–Crippen MR) is 61.1 cm³/mol. The van der Waals surface area contributed by atoms with Gasteiger partial charge in [-0.05, 0) is 70.7 Å². The third kappa shape index (κ3) is 1.42. The van der Waals surface area contributed by atoms with E-state index in [-0.39, 0.29) is 0 Å². The minimum atomic E-state index is 1.17. The third-order valence-electron chi connectivity index (χ3n) is 2.38. The highest BCUT2D eigenvalue weighted by Crippen LogP contribution is 2.30. The van der Waals surface area contributed by atoms with Crippen LogP contribution >= 0.6 is 22.6 Å². The predicted octanol–water partition coefficient (Wildman–Crippen LogP) is 3.64. The molecule has 62 valence electrons. The van der Waals surface area contributed by atoms with Gasteiger partial charge in [-0.3, -0.25) is 0 Å². The molecule has 2 rings (SSSR count). The fourth-order valence-electron chi connectivity index (χ4n) is 1.72. The van der Waals surface area contributed by atoms with Crippen LogP contribution in [0.15, 0.2) is 24.8 Å². The standard InChI is InChI=1S/C11H11I/c1-8-3-2-4-9-5-6-10(12)7-11(8)9/h5-7H,1-4H2. The molecule has 0 saturated heterocycles. The normalized spacial score (nSPS) is 15.9. The van der Waals surface area contributed by atoms with Crippen LogP contribution in [-0.2, 0) is 6.42 Å². The van der Waals surface area contributed by atoms with Crippen molar-refractivity contribution < 1.29 is 0 Å². The summed E-state index contributed by atoms with van der Waals surface area (Å²) >= 11 is 2.35. The van der Waals surface area contributed by atoms with E-state index in [1.807, 2.05) is 0 Å². The average Bonchev–Trinajstić information content (AvgIpc) is 2.07. The molecule has 0 unspecified atom stereocenters. The van der Waals surface area contributed by atoms with E-state index >= 15 is 0 Å². The SMILES string of the molecule is C=C1CCCc2ccc(I)cc21. The maximum atomic E-state index is 4.09. The summed E-state index contributed by atoms with van der Waals surface area (Å²) in [4.78, 5) is 0. The topological polar surface area (TPSA) is 0 Å². The molecule has 0 fully saturated rings. The number of aryl methyl sites for hydroxylation is 1. The molecule has 0 spiro atoms. The van der Waals surface area contributed by atoms with Crippen LogP contribution in [0.25, 0.3) is 5.57 Å². The van der Waals surface area contributed by atoms with Gasteiger partial charge in [-0.15, -0.1) is 0 Å². The molecule has 1 aliphatic carbocycles. The van der Waals surface area contributed by atoms with Crippen LogP contribution in [0.1, 0.15) is 24.0 Å². The zero-order valence-electron chi connectivity index (χ0n) is 6.94. The quantitative estimate of drug-likeness (QED) is 0.631. The summed E-state index contributed by atoms with van der Waals surface area (Å²) in [6, 6.07) is 6.66. The van der Waals surface area contributed by atoms with E-state index in [1.165, 1.54) is 39.5 Å². The molecule has 12 heavy (non-hydrogen) atoms. The van der Waals surface area contributed by atoms with Gasteiger partial charge in [-0.25, -0.2) is 0 Å². The Hall–Kier alpha value is -0.310. The zero-order valence-corrected chi connectivity index (χ0v) is 9.10. The molecule has 1 heteroatoms. The summed E-state index contributed by atoms with van der Waals surface area (Å²) in [7, 11) is 0. The minimum Gasteiger partial charge on any atom is -0.0952 e. The van der Waals surface area contributed by atoms with Crippen molar-refractivity contribution in [1.29, 1.82) is 0 Å². The lowest BCUT2D eigenvalue weighted by Crippen LogP contribution is -2.00. The summed E-state index contributed by atoms with van der Waals surface area (Å²) in [6.45, 7) is 4.09. The molecule has 0 nitrogen and oxygen atoms in total. The van der Waals surface area contributed by atoms with Gasteiger partial charge in [0, 0.05) is 3.57 Å². The molecular weight excluding hydrogens is 259 g/mol. The summed E-state index contributed by atoms with van der Waals surface area (Å²) in [6.07, 6.45) is 3.67. The first-order valence-electron chi connectivity index (χ1n) is 4.24. The molecule has 1 aromatic carbocycles. The number of fused-ring (bicyclic) bond motifs is 1. The van der Waals surface area contributed by atoms with Gasteiger partial charge in [-0.1, -0.05) is 12.6 Å². The van der Waals surface area contributed by atoms with Crippen LogP contribution in [0.2, 0.25) is 0 Å². The van der Waals surface area contributed by atoms with Crippen LogP contribution in [0.4, 0.5) is 0 Å². The Morgan fingerprint density at radius 2 is 2.08 bits per heavy atom. The highest BCUT2D eigenvalue weighted by atomic mass is 127. The van der Waals surface area contributed by atoms with Crippen molar-refractivity contribution in [3.63, 3.8) is 0 Å². The Labute approximate surface area is 86.8 Å². The number of benzene rings is 1. The minimum absolute atomic E-state index is 1.17. The lowest BCUT2D eigenvalue weighted by Gasteiger charge is -2.17. The molecule has 0 aromatic heterocycles. The van der Waals surface area contributed by atoms with Crippen LogP contribution in [-0.4, -0.2) is 0 Å². The molecule has 1 aliphatic rings. The summed E-state index contributed by atoms with van der Waals surface area (Å²) < 4.78 is 1.31. The van der Waals surface area contributed by atoms with Gasteiger partial charge in [-0.2, -0.15) is 0 Å². The second kappa shape index (κ2) is 3.21. The monoisotopic (exact) mass is 270 g/mol. The van der Waals surface area contributed by atoms with Gasteiger partial charge < -0.3 is 0 Å². The summed E-state index contributed by atoms with van der Waals surface area (Å²) in [5.74, 6) is 0. The number of allylic oxidation sites excluding steroid dienone is 1. The number of rotatable bonds is 0. The molecule has 0 N–H and O–H groups in total. The number of hydrogen-bond donors (Lipinski definition) is 0. The first-order valence-corrected chi connectivity index (χ1v) is 5.32. The molecule has 0 aliphatic heterocycles. The average molecular weight is 270 g/mol. The van der Waals surface area contributed by atoms with Gasteiger partial charge in [0.25, 0.3) is 0 Å². The lowest BCUT2D eigenvalue weighted by atomic mass is 9.88. The molecule has 0 saturated carbocycles. The Balaban J connectivity index is 2.54. The largest absolute Gasteiger partial charge is 0.0952 e. The van der Waals surface area contributed by atoms with Gasteiger partial charge in [0.2, 0.25) is 0 Å². The first kappa shape index (κ1) is 8.30. The van der Waals surface area contributed by atoms with E-state index in [0.29, 0.717) is 0 Å². The van der Waals surface area contributed by atoms with E-state index < -0.39 is 0 Å². The van der Waals surface area contributed by atoms with Gasteiger partial charge in [0.15, 0.2) is 0 Å².